The number of hydrogen-bond donors (Lipinski definition) is 2. The first kappa shape index (κ1) is 14.7. The first-order chi connectivity index (χ1) is 8.47. The molecule has 1 rings (SSSR count). The minimum atomic E-state index is -4.29. The Hall–Kier alpha value is -1.34. The monoisotopic (exact) mass is 278 g/mol. The molecule has 7 heteroatoms. The molecule has 0 radical (unpaired) electrons. The fourth-order valence-corrected chi connectivity index (χ4v) is 1.34. The van der Waals surface area contributed by atoms with Gasteiger partial charge in [-0.2, -0.15) is 13.2 Å². The van der Waals surface area contributed by atoms with Gasteiger partial charge in [0.2, 0.25) is 0 Å². The molecule has 0 aliphatic heterocycles. The number of para-hydroxylation sites is 1. The largest absolute Gasteiger partial charge is 0.411 e. The number of halogens is 3. The van der Waals surface area contributed by atoms with Crippen LogP contribution in [0.2, 0.25) is 0 Å². The summed E-state index contributed by atoms with van der Waals surface area (Å²) in [5.74, 6) is 0. The van der Waals surface area contributed by atoms with E-state index in [1.54, 1.807) is 0 Å². The highest BCUT2D eigenvalue weighted by atomic mass is 32.1. The number of thiocarbonyl (C=S) groups is 1. The Kier molecular flexibility index (Phi) is 5.87. The van der Waals surface area contributed by atoms with Crippen LogP contribution < -0.4 is 10.6 Å². The predicted molar refractivity (Wildman–Crippen MR) is 67.5 cm³/mol. The Bertz CT molecular complexity index is 370. The predicted octanol–water partition coefficient (Wildman–Crippen LogP) is 2.55. The van der Waals surface area contributed by atoms with Gasteiger partial charge in [-0.15, -0.1) is 0 Å². The number of anilines is 1. The second kappa shape index (κ2) is 7.17. The van der Waals surface area contributed by atoms with E-state index in [4.69, 9.17) is 12.2 Å². The van der Waals surface area contributed by atoms with Crippen LogP contribution in [-0.4, -0.2) is 31.0 Å². The first-order valence-corrected chi connectivity index (χ1v) is 5.62. The second-order valence-corrected chi connectivity index (χ2v) is 3.82. The molecule has 0 aliphatic carbocycles. The molecule has 0 aliphatic rings. The number of benzene rings is 1. The molecule has 0 atom stereocenters. The summed E-state index contributed by atoms with van der Waals surface area (Å²) in [6, 6.07) is 9.21. The van der Waals surface area contributed by atoms with Crippen molar-refractivity contribution in [2.45, 2.75) is 6.18 Å². The van der Waals surface area contributed by atoms with E-state index in [0.29, 0.717) is 5.11 Å². The van der Waals surface area contributed by atoms with Gasteiger partial charge >= 0.3 is 6.18 Å². The minimum absolute atomic E-state index is 0.0594. The number of alkyl halides is 3. The number of rotatable bonds is 5. The van der Waals surface area contributed by atoms with E-state index in [2.05, 4.69) is 15.4 Å². The summed E-state index contributed by atoms with van der Waals surface area (Å²) in [5, 5.41) is 5.98. The molecule has 1 aromatic rings. The lowest BCUT2D eigenvalue weighted by Crippen LogP contribution is -2.32. The zero-order valence-electron chi connectivity index (χ0n) is 9.46. The van der Waals surface area contributed by atoms with Crippen LogP contribution >= 0.6 is 12.2 Å². The van der Waals surface area contributed by atoms with Crippen molar-refractivity contribution >= 4 is 23.0 Å². The Morgan fingerprint density at radius 2 is 1.89 bits per heavy atom. The van der Waals surface area contributed by atoms with Crippen molar-refractivity contribution in [2.24, 2.45) is 0 Å². The summed E-state index contributed by atoms with van der Waals surface area (Å²) in [6.07, 6.45) is -4.29. The van der Waals surface area contributed by atoms with Crippen LogP contribution in [0.1, 0.15) is 0 Å². The second-order valence-electron chi connectivity index (χ2n) is 3.41. The highest BCUT2D eigenvalue weighted by molar-refractivity contribution is 7.80. The van der Waals surface area contributed by atoms with Crippen molar-refractivity contribution in [2.75, 3.05) is 25.1 Å². The van der Waals surface area contributed by atoms with E-state index >= 15 is 0 Å². The Morgan fingerprint density at radius 3 is 2.50 bits per heavy atom. The SMILES string of the molecule is FC(F)(F)COCCNC(=S)Nc1ccccc1. The van der Waals surface area contributed by atoms with E-state index in [0.717, 1.165) is 5.69 Å². The number of ether oxygens (including phenoxy) is 1. The maximum absolute atomic E-state index is 11.7. The van der Waals surface area contributed by atoms with E-state index in [-0.39, 0.29) is 13.2 Å². The molecule has 0 saturated heterocycles. The first-order valence-electron chi connectivity index (χ1n) is 5.22. The summed E-state index contributed by atoms with van der Waals surface area (Å²) in [4.78, 5) is 0. The lowest BCUT2D eigenvalue weighted by molar-refractivity contribution is -0.173. The van der Waals surface area contributed by atoms with Crippen LogP contribution in [0.5, 0.6) is 0 Å². The Balaban J connectivity index is 2.11. The lowest BCUT2D eigenvalue weighted by Gasteiger charge is -2.11. The molecule has 1 aromatic carbocycles. The summed E-state index contributed by atoms with van der Waals surface area (Å²) in [6.45, 7) is -1.08. The van der Waals surface area contributed by atoms with Gasteiger partial charge in [0.25, 0.3) is 0 Å². The molecule has 100 valence electrons. The highest BCUT2D eigenvalue weighted by Gasteiger charge is 2.27. The average Bonchev–Trinajstić information content (AvgIpc) is 2.28. The fraction of sp³-hybridized carbons (Fsp3) is 0.364. The maximum Gasteiger partial charge on any atom is 0.411 e. The molecule has 0 spiro atoms. The van der Waals surface area contributed by atoms with Crippen LogP contribution in [0.4, 0.5) is 18.9 Å². The molecule has 18 heavy (non-hydrogen) atoms. The third-order valence-corrected chi connectivity index (χ3v) is 2.08. The van der Waals surface area contributed by atoms with Gasteiger partial charge in [-0.3, -0.25) is 0 Å². The molecule has 2 N–H and O–H groups in total. The number of hydrogen-bond acceptors (Lipinski definition) is 2. The van der Waals surface area contributed by atoms with Gasteiger partial charge in [0.05, 0.1) is 6.61 Å². The van der Waals surface area contributed by atoms with Gasteiger partial charge in [-0.25, -0.2) is 0 Å². The van der Waals surface area contributed by atoms with Crippen LogP contribution in [0.25, 0.3) is 0 Å². The average molecular weight is 278 g/mol. The minimum Gasteiger partial charge on any atom is -0.370 e. The number of nitrogens with one attached hydrogen (secondary N) is 2. The van der Waals surface area contributed by atoms with Crippen LogP contribution in [-0.2, 0) is 4.74 Å². The van der Waals surface area contributed by atoms with Crippen molar-refractivity contribution in [3.8, 4) is 0 Å². The summed E-state index contributed by atoms with van der Waals surface area (Å²) in [5.41, 5.74) is 0.811. The fourth-order valence-electron chi connectivity index (χ4n) is 1.12. The normalized spacial score (nSPS) is 11.1. The van der Waals surface area contributed by atoms with Gasteiger partial charge in [-0.05, 0) is 24.4 Å². The topological polar surface area (TPSA) is 33.3 Å². The molecule has 0 unspecified atom stereocenters. The van der Waals surface area contributed by atoms with Crippen LogP contribution in [0.15, 0.2) is 30.3 Å². The van der Waals surface area contributed by atoms with Crippen molar-refractivity contribution in [1.29, 1.82) is 0 Å². The van der Waals surface area contributed by atoms with Gasteiger partial charge in [-0.1, -0.05) is 18.2 Å². The summed E-state index contributed by atoms with van der Waals surface area (Å²) in [7, 11) is 0. The maximum atomic E-state index is 11.7. The van der Waals surface area contributed by atoms with E-state index < -0.39 is 12.8 Å². The zero-order chi connectivity index (χ0) is 13.4. The third kappa shape index (κ3) is 7.08. The molecule has 0 aromatic heterocycles. The quantitative estimate of drug-likeness (QED) is 0.640. The standard InChI is InChI=1S/C11H13F3N2OS/c12-11(13,14)8-17-7-6-15-10(18)16-9-4-2-1-3-5-9/h1-5H,6-8H2,(H2,15,16,18). The highest BCUT2D eigenvalue weighted by Crippen LogP contribution is 2.13. The molecular weight excluding hydrogens is 265 g/mol. The van der Waals surface area contributed by atoms with E-state index in [9.17, 15) is 13.2 Å². The molecule has 3 nitrogen and oxygen atoms in total. The molecule has 0 saturated carbocycles. The van der Waals surface area contributed by atoms with Gasteiger partial charge in [0.15, 0.2) is 5.11 Å². The van der Waals surface area contributed by atoms with E-state index in [1.165, 1.54) is 0 Å². The summed E-state index contributed by atoms with van der Waals surface area (Å²) >= 11 is 4.96. The van der Waals surface area contributed by atoms with Gasteiger partial charge in [0.1, 0.15) is 6.61 Å². The van der Waals surface area contributed by atoms with Gasteiger partial charge in [0, 0.05) is 12.2 Å². The van der Waals surface area contributed by atoms with E-state index in [1.807, 2.05) is 30.3 Å². The molecule has 0 heterocycles. The molecular formula is C11H13F3N2OS. The van der Waals surface area contributed by atoms with Gasteiger partial charge < -0.3 is 15.4 Å². The smallest absolute Gasteiger partial charge is 0.370 e. The van der Waals surface area contributed by atoms with Crippen LogP contribution in [0, 0.1) is 0 Å². The van der Waals surface area contributed by atoms with Crippen LogP contribution in [0.3, 0.4) is 0 Å². The summed E-state index contributed by atoms with van der Waals surface area (Å²) < 4.78 is 39.7. The molecule has 0 amide bonds. The van der Waals surface area contributed by atoms with Crippen molar-refractivity contribution in [3.63, 3.8) is 0 Å². The molecule has 0 fully saturated rings. The van der Waals surface area contributed by atoms with Crippen molar-refractivity contribution in [1.82, 2.24) is 5.32 Å². The Morgan fingerprint density at radius 1 is 1.22 bits per heavy atom. The van der Waals surface area contributed by atoms with Crippen molar-refractivity contribution < 1.29 is 17.9 Å². The van der Waals surface area contributed by atoms with Crippen molar-refractivity contribution in [3.05, 3.63) is 30.3 Å². The Labute approximate surface area is 108 Å². The zero-order valence-corrected chi connectivity index (χ0v) is 10.3. The molecule has 0 bridgehead atoms. The third-order valence-electron chi connectivity index (χ3n) is 1.83. The lowest BCUT2D eigenvalue weighted by atomic mass is 10.3.